The molecule has 0 aromatic heterocycles. The Kier molecular flexibility index (Phi) is 8.03. The lowest BCUT2D eigenvalue weighted by Gasteiger charge is -2.08. The van der Waals surface area contributed by atoms with Crippen molar-refractivity contribution < 1.29 is 19.4 Å². The van der Waals surface area contributed by atoms with Crippen molar-refractivity contribution in [1.29, 1.82) is 0 Å². The number of aliphatic hydroxyl groups is 1. The van der Waals surface area contributed by atoms with Crippen LogP contribution >= 0.6 is 31.9 Å². The maximum absolute atomic E-state index is 10.5. The van der Waals surface area contributed by atoms with Crippen LogP contribution in [-0.2, 0) is 6.61 Å². The molecule has 8 heteroatoms. The Hall–Kier alpha value is -1.77. The number of benzene rings is 2. The van der Waals surface area contributed by atoms with Gasteiger partial charge in [-0.05, 0) is 24.3 Å². The second-order valence-electron chi connectivity index (χ2n) is 4.57. The first-order valence-electron chi connectivity index (χ1n) is 6.68. The summed E-state index contributed by atoms with van der Waals surface area (Å²) in [5, 5.41) is 8.91. The van der Waals surface area contributed by atoms with E-state index in [1.807, 2.05) is 0 Å². The lowest BCUT2D eigenvalue weighted by Crippen LogP contribution is -1.98. The van der Waals surface area contributed by atoms with Gasteiger partial charge in [0.1, 0.15) is 11.5 Å². The van der Waals surface area contributed by atoms with Gasteiger partial charge < -0.3 is 26.0 Å². The second kappa shape index (κ2) is 9.51. The number of nitrogen functional groups attached to an aromatic ring is 2. The third kappa shape index (κ3) is 5.12. The Bertz CT molecular complexity index is 698. The number of hydrogen-bond acceptors (Lipinski definition) is 6. The summed E-state index contributed by atoms with van der Waals surface area (Å²) in [6, 6.07) is 6.87. The van der Waals surface area contributed by atoms with Crippen molar-refractivity contribution in [3.8, 4) is 11.5 Å². The SMILES string of the molecule is COc1cc(Br)cc(C=O)c1N.COc1cc(Br)cc(CO)c1N. The molecule has 0 aliphatic carbocycles. The minimum atomic E-state index is -0.0817. The van der Waals surface area contributed by atoms with Gasteiger partial charge in [0.25, 0.3) is 0 Å². The van der Waals surface area contributed by atoms with Crippen molar-refractivity contribution in [1.82, 2.24) is 0 Å². The van der Waals surface area contributed by atoms with Gasteiger partial charge in [0.2, 0.25) is 0 Å². The van der Waals surface area contributed by atoms with Gasteiger partial charge in [-0.1, -0.05) is 31.9 Å². The van der Waals surface area contributed by atoms with Crippen LogP contribution in [0.4, 0.5) is 11.4 Å². The molecule has 0 radical (unpaired) electrons. The van der Waals surface area contributed by atoms with E-state index in [9.17, 15) is 4.79 Å². The molecule has 0 atom stereocenters. The number of rotatable bonds is 4. The lowest BCUT2D eigenvalue weighted by molar-refractivity contribution is 0.112. The van der Waals surface area contributed by atoms with Crippen LogP contribution in [0, 0.1) is 0 Å². The molecule has 0 heterocycles. The second-order valence-corrected chi connectivity index (χ2v) is 6.40. The molecular formula is C16H18Br2N2O4. The number of anilines is 2. The first kappa shape index (κ1) is 20.3. The van der Waals surface area contributed by atoms with Crippen LogP contribution in [-0.4, -0.2) is 25.6 Å². The van der Waals surface area contributed by atoms with Crippen LogP contribution in [0.25, 0.3) is 0 Å². The van der Waals surface area contributed by atoms with Crippen LogP contribution < -0.4 is 20.9 Å². The Morgan fingerprint density at radius 2 is 1.50 bits per heavy atom. The van der Waals surface area contributed by atoms with Crippen LogP contribution in [0.5, 0.6) is 11.5 Å². The molecule has 0 spiro atoms. The molecule has 2 aromatic carbocycles. The third-order valence-electron chi connectivity index (χ3n) is 3.07. The van der Waals surface area contributed by atoms with Crippen molar-refractivity contribution in [3.63, 3.8) is 0 Å². The standard InChI is InChI=1S/C8H10BrNO2.C8H8BrNO2/c2*1-12-7-3-6(9)2-5(4-11)8(7)10/h2-3,11H,4,10H2,1H3;2-4H,10H2,1H3. The molecule has 0 bridgehead atoms. The topological polar surface area (TPSA) is 108 Å². The van der Waals surface area contributed by atoms with E-state index < -0.39 is 0 Å². The Balaban J connectivity index is 0.000000240. The monoisotopic (exact) mass is 460 g/mol. The number of hydrogen-bond donors (Lipinski definition) is 3. The summed E-state index contributed by atoms with van der Waals surface area (Å²) >= 11 is 6.52. The molecule has 130 valence electrons. The largest absolute Gasteiger partial charge is 0.495 e. The van der Waals surface area contributed by atoms with E-state index in [2.05, 4.69) is 31.9 Å². The zero-order valence-corrected chi connectivity index (χ0v) is 16.3. The highest BCUT2D eigenvalue weighted by Gasteiger charge is 2.06. The summed E-state index contributed by atoms with van der Waals surface area (Å²) < 4.78 is 11.6. The maximum atomic E-state index is 10.5. The number of methoxy groups -OCH3 is 2. The molecule has 5 N–H and O–H groups in total. The van der Waals surface area contributed by atoms with E-state index in [4.69, 9.17) is 26.0 Å². The number of halogens is 2. The third-order valence-corrected chi connectivity index (χ3v) is 3.98. The molecule has 2 aromatic rings. The predicted octanol–water partition coefficient (Wildman–Crippen LogP) is 3.38. The average Bonchev–Trinajstić information content (AvgIpc) is 2.58. The van der Waals surface area contributed by atoms with Crippen LogP contribution in [0.1, 0.15) is 15.9 Å². The van der Waals surface area contributed by atoms with Gasteiger partial charge in [0.05, 0.1) is 32.2 Å². The van der Waals surface area contributed by atoms with E-state index >= 15 is 0 Å². The summed E-state index contributed by atoms with van der Waals surface area (Å²) in [4.78, 5) is 10.5. The van der Waals surface area contributed by atoms with Gasteiger partial charge in [-0.15, -0.1) is 0 Å². The average molecular weight is 462 g/mol. The molecule has 0 unspecified atom stereocenters. The normalized spacial score (nSPS) is 9.71. The number of ether oxygens (including phenoxy) is 2. The van der Waals surface area contributed by atoms with Crippen LogP contribution in [0.15, 0.2) is 33.2 Å². The summed E-state index contributed by atoms with van der Waals surface area (Å²) in [5.74, 6) is 1.08. The lowest BCUT2D eigenvalue weighted by atomic mass is 10.2. The van der Waals surface area contributed by atoms with Crippen LogP contribution in [0.2, 0.25) is 0 Å². The molecule has 2 rings (SSSR count). The fourth-order valence-corrected chi connectivity index (χ4v) is 2.77. The highest BCUT2D eigenvalue weighted by Crippen LogP contribution is 2.30. The maximum Gasteiger partial charge on any atom is 0.152 e. The van der Waals surface area contributed by atoms with Crippen molar-refractivity contribution in [3.05, 3.63) is 44.3 Å². The predicted molar refractivity (Wildman–Crippen MR) is 102 cm³/mol. The minimum Gasteiger partial charge on any atom is -0.495 e. The number of aliphatic hydroxyl groups excluding tert-OH is 1. The summed E-state index contributed by atoms with van der Waals surface area (Å²) in [6.07, 6.45) is 0.697. The molecule has 0 saturated heterocycles. The van der Waals surface area contributed by atoms with Crippen LogP contribution in [0.3, 0.4) is 0 Å². The molecule has 0 saturated carbocycles. The fraction of sp³-hybridized carbons (Fsp3) is 0.188. The van der Waals surface area contributed by atoms with E-state index in [-0.39, 0.29) is 6.61 Å². The quantitative estimate of drug-likeness (QED) is 0.475. The zero-order chi connectivity index (χ0) is 18.3. The minimum absolute atomic E-state index is 0.0817. The van der Waals surface area contributed by atoms with E-state index in [1.165, 1.54) is 7.11 Å². The van der Waals surface area contributed by atoms with Gasteiger partial charge in [0, 0.05) is 20.1 Å². The first-order chi connectivity index (χ1) is 11.4. The first-order valence-corrected chi connectivity index (χ1v) is 8.27. The van der Waals surface area contributed by atoms with Gasteiger partial charge in [-0.3, -0.25) is 4.79 Å². The molecule has 0 aliphatic rings. The highest BCUT2D eigenvalue weighted by molar-refractivity contribution is 9.10. The molecule has 6 nitrogen and oxygen atoms in total. The Labute approximate surface area is 157 Å². The molecule has 24 heavy (non-hydrogen) atoms. The fourth-order valence-electron chi connectivity index (χ4n) is 1.83. The summed E-state index contributed by atoms with van der Waals surface area (Å²) in [7, 11) is 3.05. The molecule has 0 aliphatic heterocycles. The summed E-state index contributed by atoms with van der Waals surface area (Å²) in [5.41, 5.74) is 13.2. The van der Waals surface area contributed by atoms with Gasteiger partial charge in [-0.2, -0.15) is 0 Å². The van der Waals surface area contributed by atoms with Crippen molar-refractivity contribution in [2.45, 2.75) is 6.61 Å². The Morgan fingerprint density at radius 3 is 1.96 bits per heavy atom. The molecule has 0 fully saturated rings. The number of nitrogens with two attached hydrogens (primary N) is 2. The summed E-state index contributed by atoms with van der Waals surface area (Å²) in [6.45, 7) is -0.0817. The number of carbonyl (C=O) groups is 1. The van der Waals surface area contributed by atoms with Crippen molar-refractivity contribution in [2.24, 2.45) is 0 Å². The Morgan fingerprint density at radius 1 is 1.00 bits per heavy atom. The van der Waals surface area contributed by atoms with Crippen molar-refractivity contribution >= 4 is 49.5 Å². The van der Waals surface area contributed by atoms with E-state index in [0.29, 0.717) is 40.3 Å². The highest BCUT2D eigenvalue weighted by atomic mass is 79.9. The van der Waals surface area contributed by atoms with E-state index in [1.54, 1.807) is 31.4 Å². The van der Waals surface area contributed by atoms with Gasteiger partial charge in [0.15, 0.2) is 6.29 Å². The smallest absolute Gasteiger partial charge is 0.152 e. The van der Waals surface area contributed by atoms with Crippen molar-refractivity contribution in [2.75, 3.05) is 25.7 Å². The van der Waals surface area contributed by atoms with Gasteiger partial charge >= 0.3 is 0 Å². The molecule has 0 amide bonds. The van der Waals surface area contributed by atoms with Gasteiger partial charge in [-0.25, -0.2) is 0 Å². The van der Waals surface area contributed by atoms with E-state index in [0.717, 1.165) is 8.95 Å². The number of carbonyl (C=O) groups excluding carboxylic acids is 1. The molecular weight excluding hydrogens is 444 g/mol. The number of aldehydes is 1. The zero-order valence-electron chi connectivity index (χ0n) is 13.2.